The first-order valence-corrected chi connectivity index (χ1v) is 12.3. The van der Waals surface area contributed by atoms with Crippen LogP contribution in [0.1, 0.15) is 52.6 Å². The number of aromatic nitrogens is 1. The highest BCUT2D eigenvalue weighted by Crippen LogP contribution is 2.36. The SMILES string of the molecule is N#Cc1ccc(CCOCc2ccc3ccc(OCc4nc(C5CCC5)cs4)cc3c2)cc1. The smallest absolute Gasteiger partial charge is 0.140 e. The Morgan fingerprint density at radius 3 is 2.55 bits per heavy atom. The summed E-state index contributed by atoms with van der Waals surface area (Å²) in [6.07, 6.45) is 4.71. The van der Waals surface area contributed by atoms with E-state index in [1.54, 1.807) is 11.3 Å². The molecule has 3 aromatic carbocycles. The Balaban J connectivity index is 1.15. The summed E-state index contributed by atoms with van der Waals surface area (Å²) in [5.41, 5.74) is 4.25. The standard InChI is InChI=1S/C28H26N2O2S/c29-16-21-6-4-20(5-7-21)12-13-31-17-22-8-9-23-10-11-26(15-25(23)14-22)32-18-28-30-27(19-33-28)24-2-1-3-24/h4-11,14-15,19,24H,1-3,12-13,17-18H2. The lowest BCUT2D eigenvalue weighted by Gasteiger charge is -2.22. The van der Waals surface area contributed by atoms with Gasteiger partial charge in [0.05, 0.1) is 30.5 Å². The molecule has 0 radical (unpaired) electrons. The minimum atomic E-state index is 0.515. The molecule has 166 valence electrons. The Hall–Kier alpha value is -3.20. The van der Waals surface area contributed by atoms with Crippen molar-refractivity contribution < 1.29 is 9.47 Å². The summed E-state index contributed by atoms with van der Waals surface area (Å²) in [4.78, 5) is 4.76. The van der Waals surface area contributed by atoms with Crippen molar-refractivity contribution in [2.45, 2.75) is 44.8 Å². The van der Waals surface area contributed by atoms with Gasteiger partial charge in [0.15, 0.2) is 0 Å². The van der Waals surface area contributed by atoms with E-state index in [1.165, 1.54) is 35.9 Å². The van der Waals surface area contributed by atoms with E-state index >= 15 is 0 Å². The van der Waals surface area contributed by atoms with E-state index < -0.39 is 0 Å². The first-order chi connectivity index (χ1) is 16.3. The summed E-state index contributed by atoms with van der Waals surface area (Å²) in [6, 6.07) is 22.4. The van der Waals surface area contributed by atoms with Gasteiger partial charge in [0.1, 0.15) is 17.4 Å². The van der Waals surface area contributed by atoms with Crippen molar-refractivity contribution in [3.05, 3.63) is 93.4 Å². The number of hydrogen-bond donors (Lipinski definition) is 0. The van der Waals surface area contributed by atoms with Crippen molar-refractivity contribution in [3.8, 4) is 11.8 Å². The molecule has 4 aromatic rings. The maximum atomic E-state index is 8.89. The van der Waals surface area contributed by atoms with Crippen molar-refractivity contribution >= 4 is 22.1 Å². The van der Waals surface area contributed by atoms with Gasteiger partial charge in [0.25, 0.3) is 0 Å². The summed E-state index contributed by atoms with van der Waals surface area (Å²) >= 11 is 1.70. The molecule has 1 aliphatic carbocycles. The fourth-order valence-corrected chi connectivity index (χ4v) is 4.79. The van der Waals surface area contributed by atoms with Gasteiger partial charge >= 0.3 is 0 Å². The van der Waals surface area contributed by atoms with Crippen LogP contribution in [0.25, 0.3) is 10.8 Å². The first kappa shape index (κ1) is 21.6. The topological polar surface area (TPSA) is 55.1 Å². The number of nitriles is 1. The van der Waals surface area contributed by atoms with Crippen LogP contribution in [0.2, 0.25) is 0 Å². The molecule has 0 spiro atoms. The molecule has 1 fully saturated rings. The van der Waals surface area contributed by atoms with Gasteiger partial charge in [-0.1, -0.05) is 36.8 Å². The number of thiazole rings is 1. The zero-order chi connectivity index (χ0) is 22.5. The highest BCUT2D eigenvalue weighted by molar-refractivity contribution is 7.09. The van der Waals surface area contributed by atoms with E-state index in [4.69, 9.17) is 19.7 Å². The molecule has 33 heavy (non-hydrogen) atoms. The molecular formula is C28H26N2O2S. The first-order valence-electron chi connectivity index (χ1n) is 11.4. The van der Waals surface area contributed by atoms with Crippen LogP contribution in [0.3, 0.4) is 0 Å². The molecular weight excluding hydrogens is 428 g/mol. The van der Waals surface area contributed by atoms with Crippen LogP contribution >= 0.6 is 11.3 Å². The summed E-state index contributed by atoms with van der Waals surface area (Å²) < 4.78 is 11.9. The normalized spacial score (nSPS) is 13.5. The molecule has 0 unspecified atom stereocenters. The van der Waals surface area contributed by atoms with Gasteiger partial charge in [0, 0.05) is 11.3 Å². The third-order valence-electron chi connectivity index (χ3n) is 6.22. The highest BCUT2D eigenvalue weighted by atomic mass is 32.1. The Labute approximate surface area is 198 Å². The minimum absolute atomic E-state index is 0.515. The molecule has 0 saturated heterocycles. The van der Waals surface area contributed by atoms with E-state index in [0.717, 1.165) is 28.1 Å². The van der Waals surface area contributed by atoms with Gasteiger partial charge in [0.2, 0.25) is 0 Å². The van der Waals surface area contributed by atoms with Crippen LogP contribution < -0.4 is 4.74 Å². The van der Waals surface area contributed by atoms with Crippen molar-refractivity contribution in [1.82, 2.24) is 4.98 Å². The second-order valence-corrected chi connectivity index (χ2v) is 9.48. The van der Waals surface area contributed by atoms with Gasteiger partial charge in [-0.25, -0.2) is 4.98 Å². The molecule has 4 nitrogen and oxygen atoms in total. The van der Waals surface area contributed by atoms with E-state index in [-0.39, 0.29) is 0 Å². The fourth-order valence-electron chi connectivity index (χ4n) is 4.01. The monoisotopic (exact) mass is 454 g/mol. The van der Waals surface area contributed by atoms with Crippen molar-refractivity contribution in [2.75, 3.05) is 6.61 Å². The zero-order valence-electron chi connectivity index (χ0n) is 18.5. The molecule has 0 atom stereocenters. The van der Waals surface area contributed by atoms with Crippen molar-refractivity contribution in [2.24, 2.45) is 0 Å². The number of nitrogens with zero attached hydrogens (tertiary/aromatic N) is 2. The number of hydrogen-bond acceptors (Lipinski definition) is 5. The Morgan fingerprint density at radius 2 is 1.76 bits per heavy atom. The van der Waals surface area contributed by atoms with Gasteiger partial charge in [-0.2, -0.15) is 5.26 Å². The number of rotatable bonds is 9. The summed E-state index contributed by atoms with van der Waals surface area (Å²) in [7, 11) is 0. The fraction of sp³-hybridized carbons (Fsp3) is 0.286. The molecule has 1 saturated carbocycles. The quantitative estimate of drug-likeness (QED) is 0.262. The predicted octanol–water partition coefficient (Wildman–Crippen LogP) is 6.77. The van der Waals surface area contributed by atoms with Gasteiger partial charge in [-0.15, -0.1) is 11.3 Å². The second-order valence-electron chi connectivity index (χ2n) is 8.54. The average Bonchev–Trinajstić information content (AvgIpc) is 3.27. The Morgan fingerprint density at radius 1 is 0.939 bits per heavy atom. The molecule has 0 N–H and O–H groups in total. The molecule has 5 rings (SSSR count). The molecule has 0 bridgehead atoms. The highest BCUT2D eigenvalue weighted by Gasteiger charge is 2.22. The van der Waals surface area contributed by atoms with Crippen LogP contribution in [0, 0.1) is 11.3 Å². The number of fused-ring (bicyclic) bond motifs is 1. The van der Waals surface area contributed by atoms with Crippen LogP contribution in [-0.2, 0) is 24.4 Å². The Kier molecular flexibility index (Phi) is 6.66. The molecule has 5 heteroatoms. The number of benzene rings is 3. The van der Waals surface area contributed by atoms with Crippen LogP contribution in [-0.4, -0.2) is 11.6 Å². The van der Waals surface area contributed by atoms with E-state index in [1.807, 2.05) is 30.3 Å². The van der Waals surface area contributed by atoms with Crippen molar-refractivity contribution in [1.29, 1.82) is 5.26 Å². The van der Waals surface area contributed by atoms with Crippen LogP contribution in [0.5, 0.6) is 5.75 Å². The predicted molar refractivity (Wildman–Crippen MR) is 132 cm³/mol. The van der Waals surface area contributed by atoms with Gasteiger partial charge < -0.3 is 9.47 Å². The van der Waals surface area contributed by atoms with E-state index in [2.05, 4.69) is 41.8 Å². The Bertz CT molecular complexity index is 1270. The molecule has 0 amide bonds. The van der Waals surface area contributed by atoms with Crippen LogP contribution in [0.4, 0.5) is 0 Å². The third-order valence-corrected chi connectivity index (χ3v) is 7.06. The van der Waals surface area contributed by atoms with Gasteiger partial charge in [-0.3, -0.25) is 0 Å². The lowest BCUT2D eigenvalue weighted by atomic mass is 9.83. The van der Waals surface area contributed by atoms with E-state index in [9.17, 15) is 0 Å². The zero-order valence-corrected chi connectivity index (χ0v) is 19.3. The average molecular weight is 455 g/mol. The lowest BCUT2D eigenvalue weighted by Crippen LogP contribution is -2.09. The molecule has 1 aliphatic rings. The molecule has 1 heterocycles. The van der Waals surface area contributed by atoms with Crippen LogP contribution in [0.15, 0.2) is 66.0 Å². The minimum Gasteiger partial charge on any atom is -0.486 e. The lowest BCUT2D eigenvalue weighted by molar-refractivity contribution is 0.124. The van der Waals surface area contributed by atoms with Gasteiger partial charge in [-0.05, 0) is 71.5 Å². The van der Waals surface area contributed by atoms with E-state index in [0.29, 0.717) is 31.3 Å². The molecule has 1 aromatic heterocycles. The van der Waals surface area contributed by atoms with Crippen molar-refractivity contribution in [3.63, 3.8) is 0 Å². The summed E-state index contributed by atoms with van der Waals surface area (Å²) in [5.74, 6) is 1.53. The summed E-state index contributed by atoms with van der Waals surface area (Å²) in [6.45, 7) is 1.73. The maximum absolute atomic E-state index is 8.89. The summed E-state index contributed by atoms with van der Waals surface area (Å²) in [5, 5.41) is 14.5. The third kappa shape index (κ3) is 5.42. The second kappa shape index (κ2) is 10.2. The molecule has 0 aliphatic heterocycles. The largest absolute Gasteiger partial charge is 0.486 e. The maximum Gasteiger partial charge on any atom is 0.140 e. The number of ether oxygens (including phenoxy) is 2.